The van der Waals surface area contributed by atoms with Crippen LogP contribution in [0, 0.1) is 6.92 Å². The first kappa shape index (κ1) is 15.3. The van der Waals surface area contributed by atoms with Crippen molar-refractivity contribution in [2.75, 3.05) is 10.6 Å². The molecular formula is C14H12ClN3O2S2. The number of nitrogens with one attached hydrogen (secondary N) is 2. The average Bonchev–Trinajstić information content (AvgIpc) is 2.85. The molecule has 0 spiro atoms. The van der Waals surface area contributed by atoms with Gasteiger partial charge in [-0.3, -0.25) is 9.59 Å². The van der Waals surface area contributed by atoms with Gasteiger partial charge in [0.05, 0.1) is 10.9 Å². The number of carbonyl (C=O) groups is 2. The molecule has 5 nitrogen and oxygen atoms in total. The van der Waals surface area contributed by atoms with Gasteiger partial charge in [0.2, 0.25) is 11.8 Å². The molecule has 0 fully saturated rings. The van der Waals surface area contributed by atoms with Crippen LogP contribution in [0.15, 0.2) is 29.3 Å². The zero-order chi connectivity index (χ0) is 15.7. The van der Waals surface area contributed by atoms with Crippen molar-refractivity contribution in [3.05, 3.63) is 34.3 Å². The molecule has 0 saturated heterocycles. The van der Waals surface area contributed by atoms with Gasteiger partial charge in [0.25, 0.3) is 0 Å². The number of hydrogen-bond acceptors (Lipinski definition) is 5. The molecule has 0 saturated carbocycles. The largest absolute Gasteiger partial charge is 0.324 e. The van der Waals surface area contributed by atoms with E-state index in [1.54, 1.807) is 18.3 Å². The predicted octanol–water partition coefficient (Wildman–Crippen LogP) is 3.55. The Labute approximate surface area is 140 Å². The number of aromatic nitrogens is 1. The van der Waals surface area contributed by atoms with Crippen molar-refractivity contribution in [1.29, 1.82) is 0 Å². The Morgan fingerprint density at radius 1 is 1.50 bits per heavy atom. The van der Waals surface area contributed by atoms with E-state index in [-0.39, 0.29) is 18.2 Å². The predicted molar refractivity (Wildman–Crippen MR) is 89.8 cm³/mol. The highest BCUT2D eigenvalue weighted by atomic mass is 35.5. The molecule has 2 N–H and O–H groups in total. The van der Waals surface area contributed by atoms with E-state index in [0.717, 1.165) is 9.77 Å². The lowest BCUT2D eigenvalue weighted by atomic mass is 10.2. The van der Waals surface area contributed by atoms with Gasteiger partial charge in [-0.15, -0.1) is 23.1 Å². The van der Waals surface area contributed by atoms with Crippen molar-refractivity contribution in [1.82, 2.24) is 4.98 Å². The summed E-state index contributed by atoms with van der Waals surface area (Å²) in [4.78, 5) is 30.1. The first-order chi connectivity index (χ1) is 10.5. The van der Waals surface area contributed by atoms with Crippen molar-refractivity contribution < 1.29 is 9.59 Å². The van der Waals surface area contributed by atoms with Gasteiger partial charge in [0, 0.05) is 27.4 Å². The zero-order valence-electron chi connectivity index (χ0n) is 11.6. The number of halogens is 1. The maximum Gasteiger partial charge on any atom is 0.238 e. The van der Waals surface area contributed by atoms with E-state index in [2.05, 4.69) is 15.6 Å². The van der Waals surface area contributed by atoms with Gasteiger partial charge < -0.3 is 10.6 Å². The minimum atomic E-state index is -0.463. The number of nitrogens with zero attached hydrogens (tertiary/aromatic N) is 1. The molecule has 1 unspecified atom stereocenters. The van der Waals surface area contributed by atoms with Crippen LogP contribution in [0.3, 0.4) is 0 Å². The Morgan fingerprint density at radius 3 is 3.05 bits per heavy atom. The number of benzene rings is 1. The van der Waals surface area contributed by atoms with E-state index in [1.807, 2.05) is 13.0 Å². The van der Waals surface area contributed by atoms with Crippen LogP contribution in [-0.4, -0.2) is 22.0 Å². The smallest absolute Gasteiger partial charge is 0.238 e. The molecule has 1 aromatic carbocycles. The average molecular weight is 354 g/mol. The Bertz CT molecular complexity index is 747. The summed E-state index contributed by atoms with van der Waals surface area (Å²) in [6.07, 6.45) is 1.79. The van der Waals surface area contributed by atoms with E-state index >= 15 is 0 Å². The molecule has 2 aromatic rings. The van der Waals surface area contributed by atoms with Crippen molar-refractivity contribution in [2.45, 2.75) is 23.5 Å². The molecule has 0 aliphatic carbocycles. The monoisotopic (exact) mass is 353 g/mol. The summed E-state index contributed by atoms with van der Waals surface area (Å²) in [5, 5.41) is 6.16. The highest BCUT2D eigenvalue weighted by Crippen LogP contribution is 2.38. The number of thiazole rings is 1. The van der Waals surface area contributed by atoms with Crippen LogP contribution in [0.2, 0.25) is 5.02 Å². The number of aryl methyl sites for hydroxylation is 1. The van der Waals surface area contributed by atoms with Crippen molar-refractivity contribution in [3.63, 3.8) is 0 Å². The summed E-state index contributed by atoms with van der Waals surface area (Å²) < 4.78 is 0. The summed E-state index contributed by atoms with van der Waals surface area (Å²) in [7, 11) is 0. The van der Waals surface area contributed by atoms with Gasteiger partial charge >= 0.3 is 0 Å². The number of amides is 2. The molecule has 1 atom stereocenters. The van der Waals surface area contributed by atoms with Crippen molar-refractivity contribution >= 4 is 57.3 Å². The molecule has 0 radical (unpaired) electrons. The molecule has 114 valence electrons. The third kappa shape index (κ3) is 3.43. The summed E-state index contributed by atoms with van der Waals surface area (Å²) in [5.74, 6) is -0.412. The number of thioether (sulfide) groups is 1. The Balaban J connectivity index is 1.66. The van der Waals surface area contributed by atoms with Gasteiger partial charge in [-0.25, -0.2) is 4.98 Å². The zero-order valence-corrected chi connectivity index (χ0v) is 13.9. The maximum atomic E-state index is 12.1. The minimum absolute atomic E-state index is 0.0944. The molecule has 1 aromatic heterocycles. The normalized spacial score (nSPS) is 16.8. The SMILES string of the molecule is Cc1cnc(NC(=O)CC2Sc3ccc(Cl)cc3NC2=O)s1. The molecule has 8 heteroatoms. The summed E-state index contributed by atoms with van der Waals surface area (Å²) in [6.45, 7) is 1.92. The van der Waals surface area contributed by atoms with Crippen LogP contribution in [-0.2, 0) is 9.59 Å². The summed E-state index contributed by atoms with van der Waals surface area (Å²) in [6, 6.07) is 5.31. The highest BCUT2D eigenvalue weighted by Gasteiger charge is 2.29. The van der Waals surface area contributed by atoms with Crippen molar-refractivity contribution in [2.24, 2.45) is 0 Å². The van der Waals surface area contributed by atoms with Crippen LogP contribution >= 0.6 is 34.7 Å². The second-order valence-corrected chi connectivity index (χ2v) is 7.68. The third-order valence-electron chi connectivity index (χ3n) is 3.00. The standard InChI is InChI=1S/C14H12ClN3O2S2/c1-7-6-16-14(21-7)18-12(19)5-11-13(20)17-9-4-8(15)2-3-10(9)22-11/h2-4,6,11H,5H2,1H3,(H,17,20)(H,16,18,19). The number of hydrogen-bond donors (Lipinski definition) is 2. The van der Waals surface area contributed by atoms with Gasteiger partial charge in [0.1, 0.15) is 0 Å². The van der Waals surface area contributed by atoms with Gasteiger partial charge in [-0.05, 0) is 25.1 Å². The molecule has 1 aliphatic rings. The number of rotatable bonds is 3. The number of anilines is 2. The molecule has 3 rings (SSSR count). The first-order valence-corrected chi connectivity index (χ1v) is 8.58. The van der Waals surface area contributed by atoms with E-state index in [4.69, 9.17) is 11.6 Å². The van der Waals surface area contributed by atoms with Crippen LogP contribution in [0.5, 0.6) is 0 Å². The topological polar surface area (TPSA) is 71.1 Å². The quantitative estimate of drug-likeness (QED) is 0.885. The maximum absolute atomic E-state index is 12.1. The third-order valence-corrected chi connectivity index (χ3v) is 5.34. The van der Waals surface area contributed by atoms with Gasteiger partial charge in [-0.2, -0.15) is 0 Å². The van der Waals surface area contributed by atoms with Crippen LogP contribution in [0.4, 0.5) is 10.8 Å². The fraction of sp³-hybridized carbons (Fsp3) is 0.214. The van der Waals surface area contributed by atoms with E-state index < -0.39 is 5.25 Å². The van der Waals surface area contributed by atoms with Crippen LogP contribution < -0.4 is 10.6 Å². The van der Waals surface area contributed by atoms with Gasteiger partial charge in [-0.1, -0.05) is 11.6 Å². The Kier molecular flexibility index (Phi) is 4.37. The molecule has 2 heterocycles. The Morgan fingerprint density at radius 2 is 2.32 bits per heavy atom. The van der Waals surface area contributed by atoms with Crippen LogP contribution in [0.25, 0.3) is 0 Å². The fourth-order valence-corrected chi connectivity index (χ4v) is 3.95. The second kappa shape index (κ2) is 6.28. The minimum Gasteiger partial charge on any atom is -0.324 e. The van der Waals surface area contributed by atoms with Crippen LogP contribution in [0.1, 0.15) is 11.3 Å². The summed E-state index contributed by atoms with van der Waals surface area (Å²) in [5.41, 5.74) is 0.690. The van der Waals surface area contributed by atoms with E-state index in [9.17, 15) is 9.59 Å². The van der Waals surface area contributed by atoms with Gasteiger partial charge in [0.15, 0.2) is 5.13 Å². The molecule has 2 amide bonds. The van der Waals surface area contributed by atoms with E-state index in [0.29, 0.717) is 15.8 Å². The molecule has 0 bridgehead atoms. The second-order valence-electron chi connectivity index (χ2n) is 4.76. The summed E-state index contributed by atoms with van der Waals surface area (Å²) >= 11 is 8.68. The lowest BCUT2D eigenvalue weighted by Gasteiger charge is -2.23. The van der Waals surface area contributed by atoms with Crippen molar-refractivity contribution in [3.8, 4) is 0 Å². The molecule has 22 heavy (non-hydrogen) atoms. The number of fused-ring (bicyclic) bond motifs is 1. The lowest BCUT2D eigenvalue weighted by Crippen LogP contribution is -2.32. The van der Waals surface area contributed by atoms with E-state index in [1.165, 1.54) is 23.1 Å². The lowest BCUT2D eigenvalue weighted by molar-refractivity contribution is -0.120. The molecular weight excluding hydrogens is 342 g/mol. The first-order valence-electron chi connectivity index (χ1n) is 6.50. The Hall–Kier alpha value is -1.57. The number of carbonyl (C=O) groups excluding carboxylic acids is 2. The fourth-order valence-electron chi connectivity index (χ4n) is 2.01. The molecule has 1 aliphatic heterocycles. The highest BCUT2D eigenvalue weighted by molar-refractivity contribution is 8.01.